The van der Waals surface area contributed by atoms with E-state index < -0.39 is 0 Å². The average Bonchev–Trinajstić information content (AvgIpc) is 2.34. The zero-order valence-corrected chi connectivity index (χ0v) is 13.6. The highest BCUT2D eigenvalue weighted by Crippen LogP contribution is 2.31. The highest BCUT2D eigenvalue weighted by atomic mass is 35.5. The number of rotatable bonds is 3. The van der Waals surface area contributed by atoms with E-state index in [-0.39, 0.29) is 6.04 Å². The second-order valence-corrected chi connectivity index (χ2v) is 5.97. The molecule has 0 aromatic heterocycles. The quantitative estimate of drug-likeness (QED) is 0.848. The Hall–Kier alpha value is -1.31. The molecular formula is C18H22ClN. The fourth-order valence-electron chi connectivity index (χ4n) is 3.06. The summed E-state index contributed by atoms with van der Waals surface area (Å²) in [6.07, 6.45) is 0. The molecule has 0 bridgehead atoms. The molecule has 2 rings (SSSR count). The Morgan fingerprint density at radius 2 is 1.50 bits per heavy atom. The second kappa shape index (κ2) is 5.99. The Morgan fingerprint density at radius 3 is 2.00 bits per heavy atom. The maximum absolute atomic E-state index is 6.07. The smallest absolute Gasteiger partial charge is 0.0582 e. The summed E-state index contributed by atoms with van der Waals surface area (Å²) in [4.78, 5) is 0. The number of hydrogen-bond acceptors (Lipinski definition) is 1. The van der Waals surface area contributed by atoms with Crippen LogP contribution in [0.1, 0.15) is 39.4 Å². The predicted molar refractivity (Wildman–Crippen MR) is 87.7 cm³/mol. The summed E-state index contributed by atoms with van der Waals surface area (Å²) in [5.41, 5.74) is 7.84. The van der Waals surface area contributed by atoms with Gasteiger partial charge in [-0.05, 0) is 74.7 Å². The maximum atomic E-state index is 6.07. The standard InChI is InChI=1S/C18H22ClN/c1-11-8-13(3)17(14(4)9-11)18(20-5)16-7-6-15(19)10-12(16)2/h6-10,18,20H,1-5H3. The van der Waals surface area contributed by atoms with Gasteiger partial charge in [0.25, 0.3) is 0 Å². The Morgan fingerprint density at radius 1 is 0.900 bits per heavy atom. The third kappa shape index (κ3) is 2.89. The van der Waals surface area contributed by atoms with Gasteiger partial charge >= 0.3 is 0 Å². The van der Waals surface area contributed by atoms with Gasteiger partial charge in [0.15, 0.2) is 0 Å². The summed E-state index contributed by atoms with van der Waals surface area (Å²) in [6.45, 7) is 8.63. The predicted octanol–water partition coefficient (Wildman–Crippen LogP) is 4.88. The first-order chi connectivity index (χ1) is 9.43. The lowest BCUT2D eigenvalue weighted by Gasteiger charge is -2.24. The van der Waals surface area contributed by atoms with Gasteiger partial charge in [-0.3, -0.25) is 0 Å². The molecular weight excluding hydrogens is 266 g/mol. The fourth-order valence-corrected chi connectivity index (χ4v) is 3.29. The van der Waals surface area contributed by atoms with Gasteiger partial charge in [0, 0.05) is 5.02 Å². The number of halogens is 1. The molecule has 2 aromatic rings. The Kier molecular flexibility index (Phi) is 4.52. The van der Waals surface area contributed by atoms with Crippen molar-refractivity contribution in [1.29, 1.82) is 0 Å². The van der Waals surface area contributed by atoms with Crippen LogP contribution >= 0.6 is 11.6 Å². The lowest BCUT2D eigenvalue weighted by Crippen LogP contribution is -2.21. The van der Waals surface area contributed by atoms with Crippen molar-refractivity contribution in [3.8, 4) is 0 Å². The van der Waals surface area contributed by atoms with Crippen LogP contribution in [0.5, 0.6) is 0 Å². The summed E-state index contributed by atoms with van der Waals surface area (Å²) in [5, 5.41) is 4.24. The zero-order chi connectivity index (χ0) is 14.9. The highest BCUT2D eigenvalue weighted by molar-refractivity contribution is 6.30. The summed E-state index contributed by atoms with van der Waals surface area (Å²) in [6, 6.07) is 10.8. The summed E-state index contributed by atoms with van der Waals surface area (Å²) < 4.78 is 0. The first-order valence-electron chi connectivity index (χ1n) is 6.95. The topological polar surface area (TPSA) is 12.0 Å². The molecule has 1 nitrogen and oxygen atoms in total. The van der Waals surface area contributed by atoms with E-state index in [1.165, 1.54) is 33.4 Å². The zero-order valence-electron chi connectivity index (χ0n) is 12.8. The SMILES string of the molecule is CNC(c1ccc(Cl)cc1C)c1c(C)cc(C)cc1C. The van der Waals surface area contributed by atoms with Crippen LogP contribution < -0.4 is 5.32 Å². The van der Waals surface area contributed by atoms with E-state index in [2.05, 4.69) is 51.2 Å². The van der Waals surface area contributed by atoms with E-state index in [0.717, 1.165) is 5.02 Å². The minimum Gasteiger partial charge on any atom is -0.309 e. The number of hydrogen-bond donors (Lipinski definition) is 1. The molecule has 0 saturated carbocycles. The Bertz CT molecular complexity index is 608. The molecule has 0 spiro atoms. The first-order valence-corrected chi connectivity index (χ1v) is 7.33. The third-order valence-electron chi connectivity index (χ3n) is 3.86. The second-order valence-electron chi connectivity index (χ2n) is 5.53. The van der Waals surface area contributed by atoms with Crippen LogP contribution in [0.3, 0.4) is 0 Å². The van der Waals surface area contributed by atoms with E-state index >= 15 is 0 Å². The molecule has 1 atom stereocenters. The largest absolute Gasteiger partial charge is 0.309 e. The van der Waals surface area contributed by atoms with Crippen LogP contribution in [0, 0.1) is 27.7 Å². The monoisotopic (exact) mass is 287 g/mol. The van der Waals surface area contributed by atoms with Crippen molar-refractivity contribution in [2.45, 2.75) is 33.7 Å². The van der Waals surface area contributed by atoms with Gasteiger partial charge in [-0.15, -0.1) is 0 Å². The van der Waals surface area contributed by atoms with Crippen LogP contribution in [0.4, 0.5) is 0 Å². The van der Waals surface area contributed by atoms with Crippen molar-refractivity contribution in [1.82, 2.24) is 5.32 Å². The van der Waals surface area contributed by atoms with Crippen molar-refractivity contribution < 1.29 is 0 Å². The molecule has 0 fully saturated rings. The van der Waals surface area contributed by atoms with E-state index in [1.807, 2.05) is 19.2 Å². The lowest BCUT2D eigenvalue weighted by atomic mass is 9.88. The summed E-state index contributed by atoms with van der Waals surface area (Å²) >= 11 is 6.07. The molecule has 0 aliphatic carbocycles. The molecule has 2 aromatic carbocycles. The minimum atomic E-state index is 0.202. The van der Waals surface area contributed by atoms with Crippen molar-refractivity contribution in [3.63, 3.8) is 0 Å². The Labute approximate surface area is 127 Å². The molecule has 0 saturated heterocycles. The highest BCUT2D eigenvalue weighted by Gasteiger charge is 2.18. The van der Waals surface area contributed by atoms with Gasteiger partial charge in [0.2, 0.25) is 0 Å². The molecule has 1 unspecified atom stereocenters. The van der Waals surface area contributed by atoms with Crippen LogP contribution in [-0.4, -0.2) is 7.05 Å². The van der Waals surface area contributed by atoms with Crippen molar-refractivity contribution in [2.75, 3.05) is 7.05 Å². The third-order valence-corrected chi connectivity index (χ3v) is 4.09. The summed E-state index contributed by atoms with van der Waals surface area (Å²) in [5.74, 6) is 0. The molecule has 2 heteroatoms. The van der Waals surface area contributed by atoms with E-state index in [4.69, 9.17) is 11.6 Å². The maximum Gasteiger partial charge on any atom is 0.0582 e. The number of aryl methyl sites for hydroxylation is 4. The fraction of sp³-hybridized carbons (Fsp3) is 0.333. The minimum absolute atomic E-state index is 0.202. The lowest BCUT2D eigenvalue weighted by molar-refractivity contribution is 0.679. The molecule has 0 heterocycles. The molecule has 0 aliphatic rings. The van der Waals surface area contributed by atoms with Crippen LogP contribution in [-0.2, 0) is 0 Å². The van der Waals surface area contributed by atoms with E-state index in [9.17, 15) is 0 Å². The molecule has 0 aliphatic heterocycles. The molecule has 1 N–H and O–H groups in total. The van der Waals surface area contributed by atoms with Gasteiger partial charge in [0.1, 0.15) is 0 Å². The molecule has 20 heavy (non-hydrogen) atoms. The average molecular weight is 288 g/mol. The number of benzene rings is 2. The van der Waals surface area contributed by atoms with Gasteiger partial charge in [-0.2, -0.15) is 0 Å². The van der Waals surface area contributed by atoms with Crippen LogP contribution in [0.2, 0.25) is 5.02 Å². The molecule has 0 radical (unpaired) electrons. The van der Waals surface area contributed by atoms with E-state index in [1.54, 1.807) is 0 Å². The first kappa shape index (κ1) is 15.1. The van der Waals surface area contributed by atoms with Gasteiger partial charge in [0.05, 0.1) is 6.04 Å². The Balaban J connectivity index is 2.58. The van der Waals surface area contributed by atoms with E-state index in [0.29, 0.717) is 0 Å². The van der Waals surface area contributed by atoms with Crippen molar-refractivity contribution >= 4 is 11.6 Å². The van der Waals surface area contributed by atoms with Gasteiger partial charge < -0.3 is 5.32 Å². The van der Waals surface area contributed by atoms with Gasteiger partial charge in [-0.25, -0.2) is 0 Å². The summed E-state index contributed by atoms with van der Waals surface area (Å²) in [7, 11) is 2.01. The van der Waals surface area contributed by atoms with Crippen molar-refractivity contribution in [3.05, 3.63) is 68.7 Å². The normalized spacial score (nSPS) is 12.5. The number of nitrogens with one attached hydrogen (secondary N) is 1. The van der Waals surface area contributed by atoms with Gasteiger partial charge in [-0.1, -0.05) is 35.4 Å². The van der Waals surface area contributed by atoms with Crippen LogP contribution in [0.25, 0.3) is 0 Å². The molecule has 106 valence electrons. The van der Waals surface area contributed by atoms with Crippen LogP contribution in [0.15, 0.2) is 30.3 Å². The molecule has 0 amide bonds. The van der Waals surface area contributed by atoms with Crippen molar-refractivity contribution in [2.24, 2.45) is 0 Å².